The summed E-state index contributed by atoms with van der Waals surface area (Å²) in [5.41, 5.74) is 1.42. The lowest BCUT2D eigenvalue weighted by atomic mass is 10.2. The third-order valence-electron chi connectivity index (χ3n) is 4.76. The van der Waals surface area contributed by atoms with E-state index in [2.05, 4.69) is 15.5 Å². The number of nitrogens with one attached hydrogen (secondary N) is 1. The highest BCUT2D eigenvalue weighted by Gasteiger charge is 2.31. The van der Waals surface area contributed by atoms with Gasteiger partial charge in [0.1, 0.15) is 5.82 Å². The van der Waals surface area contributed by atoms with E-state index in [9.17, 15) is 9.59 Å². The number of carbonyl (C=O) groups is 2. The van der Waals surface area contributed by atoms with Crippen molar-refractivity contribution in [1.29, 1.82) is 0 Å². The van der Waals surface area contributed by atoms with Gasteiger partial charge in [-0.1, -0.05) is 23.9 Å². The highest BCUT2D eigenvalue weighted by Crippen LogP contribution is 2.39. The summed E-state index contributed by atoms with van der Waals surface area (Å²) in [6, 6.07) is 7.22. The minimum Gasteiger partial charge on any atom is -0.324 e. The highest BCUT2D eigenvalue weighted by atomic mass is 32.2. The number of rotatable bonds is 4. The molecule has 1 unspecified atom stereocenters. The average Bonchev–Trinajstić information content (AvgIpc) is 3.39. The molecule has 1 aromatic heterocycles. The van der Waals surface area contributed by atoms with E-state index in [-0.39, 0.29) is 30.0 Å². The first-order valence-corrected chi connectivity index (χ1v) is 9.76. The molecular weight excluding hydrogens is 350 g/mol. The molecule has 0 spiro atoms. The van der Waals surface area contributed by atoms with Crippen molar-refractivity contribution < 1.29 is 9.59 Å². The van der Waals surface area contributed by atoms with Crippen LogP contribution in [0, 0.1) is 0 Å². The van der Waals surface area contributed by atoms with E-state index in [1.165, 1.54) is 24.6 Å². The smallest absolute Gasteiger partial charge is 0.237 e. The molecule has 1 atom stereocenters. The zero-order valence-electron chi connectivity index (χ0n) is 14.8. The average molecular weight is 371 g/mol. The minimum atomic E-state index is -0.201. The van der Waals surface area contributed by atoms with Crippen LogP contribution in [0.4, 0.5) is 11.4 Å². The lowest BCUT2D eigenvalue weighted by Gasteiger charge is -2.27. The van der Waals surface area contributed by atoms with Crippen LogP contribution in [0.2, 0.25) is 0 Å². The van der Waals surface area contributed by atoms with E-state index in [1.807, 2.05) is 42.8 Å². The Kier molecular flexibility index (Phi) is 4.44. The first-order valence-electron chi connectivity index (χ1n) is 8.77. The highest BCUT2D eigenvalue weighted by molar-refractivity contribution is 7.99. The largest absolute Gasteiger partial charge is 0.324 e. The molecule has 1 aromatic carbocycles. The molecule has 0 bridgehead atoms. The standard InChI is InChI=1S/C18H21N5O2S/c1-11-9-15(24)19-13-5-3-4-6-14(13)23(11)16(25)10-26-18-21-20-17(22(18)2)12-7-8-12/h3-6,11-12H,7-10H2,1-2H3,(H,19,24). The molecule has 2 aromatic rings. The van der Waals surface area contributed by atoms with Gasteiger partial charge in [0.2, 0.25) is 11.8 Å². The predicted molar refractivity (Wildman–Crippen MR) is 100 cm³/mol. The molecule has 4 rings (SSSR count). The SMILES string of the molecule is CC1CC(=O)Nc2ccccc2N1C(=O)CSc1nnc(C2CC2)n1C. The van der Waals surface area contributed by atoms with Crippen LogP contribution in [0.15, 0.2) is 29.4 Å². The Morgan fingerprint density at radius 3 is 2.85 bits per heavy atom. The van der Waals surface area contributed by atoms with Gasteiger partial charge in [-0.2, -0.15) is 0 Å². The fourth-order valence-corrected chi connectivity index (χ4v) is 4.09. The number of hydrogen-bond donors (Lipinski definition) is 1. The first-order chi connectivity index (χ1) is 12.5. The van der Waals surface area contributed by atoms with Gasteiger partial charge in [0.15, 0.2) is 5.16 Å². The molecule has 7 nitrogen and oxygen atoms in total. The third kappa shape index (κ3) is 3.21. The molecule has 2 amide bonds. The van der Waals surface area contributed by atoms with Gasteiger partial charge in [-0.25, -0.2) is 0 Å². The lowest BCUT2D eigenvalue weighted by Crippen LogP contribution is -2.40. The summed E-state index contributed by atoms with van der Waals surface area (Å²) in [5, 5.41) is 12.1. The number of carbonyl (C=O) groups excluding carboxylic acids is 2. The molecule has 1 fully saturated rings. The Balaban J connectivity index is 1.52. The molecule has 0 saturated heterocycles. The second-order valence-corrected chi connectivity index (χ2v) is 7.79. The minimum absolute atomic E-state index is 0.0394. The van der Waals surface area contributed by atoms with Crippen molar-refractivity contribution in [1.82, 2.24) is 14.8 Å². The number of thioether (sulfide) groups is 1. The van der Waals surface area contributed by atoms with E-state index in [0.717, 1.165) is 16.7 Å². The zero-order valence-corrected chi connectivity index (χ0v) is 15.6. The number of anilines is 2. The summed E-state index contributed by atoms with van der Waals surface area (Å²) in [5.74, 6) is 1.66. The van der Waals surface area contributed by atoms with Gasteiger partial charge in [0.25, 0.3) is 0 Å². The zero-order chi connectivity index (χ0) is 18.3. The Morgan fingerprint density at radius 2 is 2.08 bits per heavy atom. The van der Waals surface area contributed by atoms with Crippen molar-refractivity contribution in [3.8, 4) is 0 Å². The van der Waals surface area contributed by atoms with Crippen LogP contribution < -0.4 is 10.2 Å². The Morgan fingerprint density at radius 1 is 1.31 bits per heavy atom. The number of para-hydroxylation sites is 2. The van der Waals surface area contributed by atoms with Crippen LogP contribution in [0.25, 0.3) is 0 Å². The van der Waals surface area contributed by atoms with Gasteiger partial charge in [-0.3, -0.25) is 9.59 Å². The van der Waals surface area contributed by atoms with E-state index in [1.54, 1.807) is 4.90 Å². The molecule has 8 heteroatoms. The number of hydrogen-bond acceptors (Lipinski definition) is 5. The summed E-state index contributed by atoms with van der Waals surface area (Å²) < 4.78 is 1.99. The van der Waals surface area contributed by atoms with Crippen molar-refractivity contribution in [3.05, 3.63) is 30.1 Å². The number of amides is 2. The van der Waals surface area contributed by atoms with E-state index in [4.69, 9.17) is 0 Å². The summed E-state index contributed by atoms with van der Waals surface area (Å²) in [7, 11) is 1.95. The molecule has 2 heterocycles. The van der Waals surface area contributed by atoms with E-state index >= 15 is 0 Å². The quantitative estimate of drug-likeness (QED) is 0.836. The molecule has 1 aliphatic carbocycles. The number of benzene rings is 1. The summed E-state index contributed by atoms with van der Waals surface area (Å²) in [6.45, 7) is 1.90. The van der Waals surface area contributed by atoms with Crippen molar-refractivity contribution in [2.75, 3.05) is 16.0 Å². The maximum absolute atomic E-state index is 13.0. The Bertz CT molecular complexity index is 861. The number of aromatic nitrogens is 3. The fourth-order valence-electron chi connectivity index (χ4n) is 3.31. The molecule has 1 N–H and O–H groups in total. The number of nitrogens with zero attached hydrogens (tertiary/aromatic N) is 4. The second kappa shape index (κ2) is 6.75. The predicted octanol–water partition coefficient (Wildman–Crippen LogP) is 2.55. The Labute approximate surface area is 156 Å². The second-order valence-electron chi connectivity index (χ2n) is 6.84. The third-order valence-corrected chi connectivity index (χ3v) is 5.77. The van der Waals surface area contributed by atoms with Crippen molar-refractivity contribution in [3.63, 3.8) is 0 Å². The topological polar surface area (TPSA) is 80.1 Å². The molecule has 0 radical (unpaired) electrons. The van der Waals surface area contributed by atoms with E-state index < -0.39 is 0 Å². The van der Waals surface area contributed by atoms with Gasteiger partial charge in [0, 0.05) is 25.4 Å². The van der Waals surface area contributed by atoms with E-state index in [0.29, 0.717) is 11.6 Å². The molecule has 136 valence electrons. The Hall–Kier alpha value is -2.35. The summed E-state index contributed by atoms with van der Waals surface area (Å²) in [6.07, 6.45) is 2.61. The van der Waals surface area contributed by atoms with Gasteiger partial charge >= 0.3 is 0 Å². The summed E-state index contributed by atoms with van der Waals surface area (Å²) in [4.78, 5) is 26.7. The maximum atomic E-state index is 13.0. The van der Waals surface area contributed by atoms with Crippen molar-refractivity contribution in [2.45, 2.75) is 43.3 Å². The van der Waals surface area contributed by atoms with Crippen LogP contribution in [-0.2, 0) is 16.6 Å². The van der Waals surface area contributed by atoms with Crippen molar-refractivity contribution in [2.24, 2.45) is 7.05 Å². The molecule has 1 aliphatic heterocycles. The molecule has 26 heavy (non-hydrogen) atoms. The molecule has 2 aliphatic rings. The van der Waals surface area contributed by atoms with Gasteiger partial charge < -0.3 is 14.8 Å². The first kappa shape index (κ1) is 17.1. The van der Waals surface area contributed by atoms with Crippen LogP contribution in [0.1, 0.15) is 37.9 Å². The van der Waals surface area contributed by atoms with Crippen LogP contribution in [0.3, 0.4) is 0 Å². The molecule has 1 saturated carbocycles. The van der Waals surface area contributed by atoms with Crippen LogP contribution >= 0.6 is 11.8 Å². The van der Waals surface area contributed by atoms with Gasteiger partial charge in [0.05, 0.1) is 17.1 Å². The van der Waals surface area contributed by atoms with Crippen molar-refractivity contribution >= 4 is 35.0 Å². The summed E-state index contributed by atoms with van der Waals surface area (Å²) >= 11 is 1.39. The number of fused-ring (bicyclic) bond motifs is 1. The van der Waals surface area contributed by atoms with Gasteiger partial charge in [-0.15, -0.1) is 10.2 Å². The maximum Gasteiger partial charge on any atom is 0.237 e. The monoisotopic (exact) mass is 371 g/mol. The van der Waals surface area contributed by atoms with Gasteiger partial charge in [-0.05, 0) is 31.9 Å². The molecular formula is C18H21N5O2S. The fraction of sp³-hybridized carbons (Fsp3) is 0.444. The lowest BCUT2D eigenvalue weighted by molar-refractivity contribution is -0.117. The van der Waals surface area contributed by atoms with Crippen LogP contribution in [0.5, 0.6) is 0 Å². The van der Waals surface area contributed by atoms with Crippen LogP contribution in [-0.4, -0.2) is 38.4 Å². The normalized spacial score (nSPS) is 19.7.